The second kappa shape index (κ2) is 9.48. The van der Waals surface area contributed by atoms with Crippen LogP contribution in [0.2, 0.25) is 0 Å². The van der Waals surface area contributed by atoms with Crippen molar-refractivity contribution in [3.63, 3.8) is 0 Å². The van der Waals surface area contributed by atoms with E-state index in [4.69, 9.17) is 12.2 Å². The van der Waals surface area contributed by atoms with Gasteiger partial charge in [0.1, 0.15) is 0 Å². The molecule has 1 unspecified atom stereocenters. The van der Waals surface area contributed by atoms with E-state index in [-0.39, 0.29) is 0 Å². The van der Waals surface area contributed by atoms with Crippen molar-refractivity contribution in [2.75, 3.05) is 0 Å². The van der Waals surface area contributed by atoms with E-state index in [1.54, 1.807) is 0 Å². The Hall–Kier alpha value is -2.98. The largest absolute Gasteiger partial charge is 0.194 e. The van der Waals surface area contributed by atoms with E-state index < -0.39 is 0 Å². The number of rotatable bonds is 2. The van der Waals surface area contributed by atoms with Gasteiger partial charge in [0.25, 0.3) is 0 Å². The van der Waals surface area contributed by atoms with Gasteiger partial charge in [-0.2, -0.15) is 4.99 Å². The van der Waals surface area contributed by atoms with E-state index in [2.05, 4.69) is 99.9 Å². The van der Waals surface area contributed by atoms with Crippen LogP contribution in [0, 0.1) is 52.4 Å². The zero-order chi connectivity index (χ0) is 23.7. The minimum absolute atomic E-state index is 0.784. The Morgan fingerprint density at radius 2 is 1.61 bits per heavy atom. The van der Waals surface area contributed by atoms with Crippen LogP contribution in [0.4, 0.5) is 5.69 Å². The third-order valence-corrected chi connectivity index (χ3v) is 7.06. The van der Waals surface area contributed by atoms with E-state index in [0.717, 1.165) is 28.3 Å². The number of nitrogens with zero attached hydrogens (tertiary/aromatic N) is 1. The average molecular weight is 450 g/mol. The van der Waals surface area contributed by atoms with Gasteiger partial charge in [0, 0.05) is 11.1 Å². The monoisotopic (exact) mass is 449 g/mol. The number of thiocarbonyl (C=S) groups is 1. The Morgan fingerprint density at radius 1 is 0.879 bits per heavy atom. The molecule has 1 atom stereocenters. The third kappa shape index (κ3) is 4.72. The zero-order valence-electron chi connectivity index (χ0n) is 20.5. The van der Waals surface area contributed by atoms with Crippen LogP contribution >= 0.6 is 12.2 Å². The molecule has 0 N–H and O–H groups in total. The molecule has 4 rings (SSSR count). The number of benzene rings is 3. The van der Waals surface area contributed by atoms with Crippen LogP contribution < -0.4 is 0 Å². The van der Waals surface area contributed by atoms with E-state index >= 15 is 0 Å². The van der Waals surface area contributed by atoms with Gasteiger partial charge in [0.15, 0.2) is 0 Å². The SMILES string of the molecule is Cc1cc(C#Cc2c(C)cc3c(c2C)CCC(C)C3)ccc1-c1cc(C)c(N=C=S)c(C)c1. The molecule has 1 aliphatic rings. The second-order valence-electron chi connectivity index (χ2n) is 9.62. The first-order chi connectivity index (χ1) is 15.8. The quantitative estimate of drug-likeness (QED) is 0.218. The van der Waals surface area contributed by atoms with E-state index in [1.165, 1.54) is 63.8 Å². The molecule has 0 fully saturated rings. The molecule has 0 amide bonds. The molecular formula is C31H31NS. The van der Waals surface area contributed by atoms with Crippen LogP contribution in [0.25, 0.3) is 11.1 Å². The Kier molecular flexibility index (Phi) is 6.66. The lowest BCUT2D eigenvalue weighted by Gasteiger charge is -2.25. The Bertz CT molecular complexity index is 1340. The first-order valence-electron chi connectivity index (χ1n) is 11.7. The summed E-state index contributed by atoms with van der Waals surface area (Å²) in [6.45, 7) is 13.1. The molecule has 0 saturated carbocycles. The average Bonchev–Trinajstić information content (AvgIpc) is 2.75. The van der Waals surface area contributed by atoms with E-state index in [1.807, 2.05) is 0 Å². The molecule has 0 aliphatic heterocycles. The van der Waals surface area contributed by atoms with Crippen LogP contribution in [0.5, 0.6) is 0 Å². The maximum atomic E-state index is 4.80. The van der Waals surface area contributed by atoms with Gasteiger partial charge in [-0.1, -0.05) is 30.9 Å². The van der Waals surface area contributed by atoms with Crippen LogP contribution in [0.15, 0.2) is 41.4 Å². The molecule has 0 saturated heterocycles. The Balaban J connectivity index is 1.67. The standard InChI is InChI=1S/C31H31NS/c1-19-7-10-30-24(6)28(21(3)15-26(30)13-19)11-8-25-9-12-29(20(2)14-25)27-16-22(4)31(32-18-33)23(5)17-27/h9,12,14-17,19H,7,10,13H2,1-6H3. The van der Waals surface area contributed by atoms with Crippen LogP contribution in [0.3, 0.4) is 0 Å². The van der Waals surface area contributed by atoms with Crippen molar-refractivity contribution in [1.82, 2.24) is 0 Å². The molecule has 1 aliphatic carbocycles. The maximum absolute atomic E-state index is 4.80. The van der Waals surface area contributed by atoms with Crippen molar-refractivity contribution in [1.29, 1.82) is 0 Å². The zero-order valence-corrected chi connectivity index (χ0v) is 21.3. The van der Waals surface area contributed by atoms with E-state index in [0.29, 0.717) is 0 Å². The summed E-state index contributed by atoms with van der Waals surface area (Å²) in [5, 5.41) is 2.49. The van der Waals surface area contributed by atoms with Crippen LogP contribution in [-0.4, -0.2) is 5.16 Å². The number of fused-ring (bicyclic) bond motifs is 1. The highest BCUT2D eigenvalue weighted by Crippen LogP contribution is 2.33. The fourth-order valence-corrected chi connectivity index (χ4v) is 5.32. The van der Waals surface area contributed by atoms with Crippen molar-refractivity contribution in [3.05, 3.63) is 86.5 Å². The van der Waals surface area contributed by atoms with Gasteiger partial charge in [-0.3, -0.25) is 0 Å². The summed E-state index contributed by atoms with van der Waals surface area (Å²) in [6, 6.07) is 13.2. The van der Waals surface area contributed by atoms with Gasteiger partial charge in [-0.25, -0.2) is 0 Å². The van der Waals surface area contributed by atoms with Crippen molar-refractivity contribution in [2.45, 2.75) is 60.8 Å². The minimum Gasteiger partial charge on any atom is -0.194 e. The van der Waals surface area contributed by atoms with Crippen LogP contribution in [-0.2, 0) is 12.8 Å². The number of hydrogen-bond acceptors (Lipinski definition) is 2. The summed E-state index contributed by atoms with van der Waals surface area (Å²) in [5.41, 5.74) is 14.8. The summed E-state index contributed by atoms with van der Waals surface area (Å²) < 4.78 is 0. The highest BCUT2D eigenvalue weighted by molar-refractivity contribution is 7.78. The summed E-state index contributed by atoms with van der Waals surface area (Å²) in [7, 11) is 0. The van der Waals surface area contributed by atoms with E-state index in [9.17, 15) is 0 Å². The summed E-state index contributed by atoms with van der Waals surface area (Å²) in [5.74, 6) is 7.73. The molecule has 33 heavy (non-hydrogen) atoms. The highest BCUT2D eigenvalue weighted by atomic mass is 32.1. The first-order valence-corrected chi connectivity index (χ1v) is 12.1. The van der Waals surface area contributed by atoms with Gasteiger partial charge < -0.3 is 0 Å². The second-order valence-corrected chi connectivity index (χ2v) is 9.80. The molecule has 0 aromatic heterocycles. The topological polar surface area (TPSA) is 12.4 Å². The van der Waals surface area contributed by atoms with Gasteiger partial charge in [-0.05, 0) is 146 Å². The molecule has 0 spiro atoms. The molecule has 2 heteroatoms. The third-order valence-electron chi connectivity index (χ3n) is 6.97. The predicted octanol–water partition coefficient (Wildman–Crippen LogP) is 8.15. The number of hydrogen-bond donors (Lipinski definition) is 0. The fraction of sp³-hybridized carbons (Fsp3) is 0.323. The smallest absolute Gasteiger partial charge is 0.0798 e. The molecule has 0 bridgehead atoms. The number of aliphatic imine (C=N–C) groups is 1. The van der Waals surface area contributed by atoms with Gasteiger partial charge in [0.05, 0.1) is 10.8 Å². The van der Waals surface area contributed by atoms with Gasteiger partial charge in [0.2, 0.25) is 0 Å². The molecule has 0 heterocycles. The molecule has 3 aromatic rings. The highest BCUT2D eigenvalue weighted by Gasteiger charge is 2.19. The van der Waals surface area contributed by atoms with Gasteiger partial charge >= 0.3 is 0 Å². The van der Waals surface area contributed by atoms with Crippen molar-refractivity contribution in [3.8, 4) is 23.0 Å². The normalized spacial score (nSPS) is 14.7. The maximum Gasteiger partial charge on any atom is 0.0798 e. The molecule has 0 radical (unpaired) electrons. The lowest BCUT2D eigenvalue weighted by molar-refractivity contribution is 0.499. The predicted molar refractivity (Wildman–Crippen MR) is 144 cm³/mol. The number of aryl methyl sites for hydroxylation is 4. The van der Waals surface area contributed by atoms with Crippen molar-refractivity contribution >= 4 is 23.1 Å². The fourth-order valence-electron chi connectivity index (χ4n) is 5.23. The lowest BCUT2D eigenvalue weighted by Crippen LogP contribution is -2.14. The Labute approximate surface area is 204 Å². The molecule has 166 valence electrons. The summed E-state index contributed by atoms with van der Waals surface area (Å²) in [6.07, 6.45) is 3.66. The van der Waals surface area contributed by atoms with Crippen molar-refractivity contribution < 1.29 is 0 Å². The molecular weight excluding hydrogens is 418 g/mol. The Morgan fingerprint density at radius 3 is 2.27 bits per heavy atom. The number of isothiocyanates is 1. The lowest BCUT2D eigenvalue weighted by atomic mass is 9.80. The summed E-state index contributed by atoms with van der Waals surface area (Å²) >= 11 is 4.80. The summed E-state index contributed by atoms with van der Waals surface area (Å²) in [4.78, 5) is 4.22. The molecule has 1 nitrogen and oxygen atoms in total. The van der Waals surface area contributed by atoms with Crippen molar-refractivity contribution in [2.24, 2.45) is 10.9 Å². The first kappa shape index (κ1) is 23.2. The minimum atomic E-state index is 0.784. The van der Waals surface area contributed by atoms with Gasteiger partial charge in [-0.15, -0.1) is 0 Å². The molecule has 3 aromatic carbocycles. The van der Waals surface area contributed by atoms with Crippen LogP contribution in [0.1, 0.15) is 63.4 Å².